The molecule has 1 aromatic rings. The predicted molar refractivity (Wildman–Crippen MR) is 76.3 cm³/mol. The molecular weight excluding hydrogens is 282 g/mol. The Labute approximate surface area is 120 Å². The highest BCUT2D eigenvalue weighted by Gasteiger charge is 2.37. The van der Waals surface area contributed by atoms with Crippen LogP contribution < -0.4 is 5.48 Å². The Bertz CT molecular complexity index is 616. The maximum Gasteiger partial charge on any atom is 0.168 e. The summed E-state index contributed by atoms with van der Waals surface area (Å²) in [6, 6.07) is 5.80. The Kier molecular flexibility index (Phi) is 3.31. The number of hydrogen-bond acceptors (Lipinski definition) is 4. The average molecular weight is 294 g/mol. The lowest BCUT2D eigenvalue weighted by atomic mass is 10.0. The highest BCUT2D eigenvalue weighted by Crippen LogP contribution is 2.45. The second-order valence-electron chi connectivity index (χ2n) is 4.55. The van der Waals surface area contributed by atoms with Crippen LogP contribution in [0.4, 0.5) is 0 Å². The van der Waals surface area contributed by atoms with E-state index in [-0.39, 0.29) is 0 Å². The van der Waals surface area contributed by atoms with E-state index in [1.165, 1.54) is 0 Å². The van der Waals surface area contributed by atoms with Crippen molar-refractivity contribution in [1.82, 2.24) is 5.48 Å². The van der Waals surface area contributed by atoms with E-state index in [0.717, 1.165) is 28.9 Å². The molecule has 0 saturated heterocycles. The first kappa shape index (κ1) is 12.7. The molecular formula is C14H12ClNO2S. The molecule has 1 N–H and O–H groups in total. The van der Waals surface area contributed by atoms with Crippen molar-refractivity contribution >= 4 is 35.1 Å². The summed E-state index contributed by atoms with van der Waals surface area (Å²) in [5, 5.41) is 0.694. The zero-order valence-electron chi connectivity index (χ0n) is 10.3. The Morgan fingerprint density at radius 1 is 1.47 bits per heavy atom. The third-order valence-electron chi connectivity index (χ3n) is 3.27. The van der Waals surface area contributed by atoms with E-state index in [2.05, 4.69) is 5.48 Å². The van der Waals surface area contributed by atoms with Crippen LogP contribution in [-0.4, -0.2) is 12.2 Å². The molecule has 0 bridgehead atoms. The Hall–Kier alpha value is -1.35. The molecule has 0 atom stereocenters. The van der Waals surface area contributed by atoms with E-state index in [1.54, 1.807) is 11.8 Å². The lowest BCUT2D eigenvalue weighted by molar-refractivity contribution is 0.211. The molecule has 5 heteroatoms. The molecule has 2 aliphatic rings. The summed E-state index contributed by atoms with van der Waals surface area (Å²) < 4.78 is 0. The first-order valence-corrected chi connectivity index (χ1v) is 7.61. The van der Waals surface area contributed by atoms with Gasteiger partial charge in [0.1, 0.15) is 0 Å². The minimum atomic E-state index is 0.403. The third-order valence-corrected chi connectivity index (χ3v) is 4.49. The Morgan fingerprint density at radius 3 is 2.84 bits per heavy atom. The minimum absolute atomic E-state index is 0.403. The normalized spacial score (nSPS) is 18.1. The van der Waals surface area contributed by atoms with Crippen LogP contribution in [0.2, 0.25) is 5.02 Å². The van der Waals surface area contributed by atoms with Crippen LogP contribution in [0.3, 0.4) is 0 Å². The number of carbonyl (C=O) groups excluding carboxylic acids is 1. The number of benzene rings is 1. The minimum Gasteiger partial charge on any atom is -0.380 e. The van der Waals surface area contributed by atoms with E-state index in [0.29, 0.717) is 22.4 Å². The van der Waals surface area contributed by atoms with Crippen LogP contribution in [0.15, 0.2) is 34.4 Å². The molecule has 0 spiro atoms. The number of hydrogen-bond donors (Lipinski definition) is 1. The molecule has 0 radical (unpaired) electrons. The molecule has 3 nitrogen and oxygen atoms in total. The summed E-state index contributed by atoms with van der Waals surface area (Å²) in [5.74, 6) is 3.02. The molecule has 0 aromatic heterocycles. The second kappa shape index (κ2) is 4.97. The van der Waals surface area contributed by atoms with Crippen molar-refractivity contribution in [2.45, 2.75) is 17.7 Å². The van der Waals surface area contributed by atoms with Crippen LogP contribution in [0, 0.1) is 5.92 Å². The van der Waals surface area contributed by atoms with Gasteiger partial charge in [-0.05, 0) is 43.2 Å². The lowest BCUT2D eigenvalue weighted by Gasteiger charge is -2.06. The quantitative estimate of drug-likeness (QED) is 0.684. The molecule has 0 unspecified atom stereocenters. The zero-order valence-corrected chi connectivity index (χ0v) is 11.9. The summed E-state index contributed by atoms with van der Waals surface area (Å²) >= 11 is 7.82. The van der Waals surface area contributed by atoms with E-state index >= 15 is 0 Å². The van der Waals surface area contributed by atoms with Crippen LogP contribution in [0.5, 0.6) is 0 Å². The summed E-state index contributed by atoms with van der Waals surface area (Å²) in [6.07, 6.45) is 4.16. The van der Waals surface area contributed by atoms with Crippen molar-refractivity contribution in [3.63, 3.8) is 0 Å². The molecule has 1 heterocycles. The molecule has 1 aromatic carbocycles. The van der Waals surface area contributed by atoms with Gasteiger partial charge in [0.25, 0.3) is 0 Å². The van der Waals surface area contributed by atoms with Gasteiger partial charge in [0.05, 0.1) is 5.02 Å². The number of halogens is 1. The zero-order chi connectivity index (χ0) is 13.4. The largest absolute Gasteiger partial charge is 0.380 e. The van der Waals surface area contributed by atoms with Gasteiger partial charge in [0.2, 0.25) is 0 Å². The van der Waals surface area contributed by atoms with Gasteiger partial charge in [0.15, 0.2) is 17.4 Å². The van der Waals surface area contributed by atoms with Gasteiger partial charge in [-0.1, -0.05) is 11.6 Å². The van der Waals surface area contributed by atoms with E-state index < -0.39 is 0 Å². The van der Waals surface area contributed by atoms with Crippen molar-refractivity contribution < 1.29 is 9.63 Å². The number of rotatable bonds is 3. The molecule has 19 heavy (non-hydrogen) atoms. The SMILES string of the molecule is CSc1ccc(C2=C(C3CC3)C(=C=O)NO2)cc1Cl. The number of thioether (sulfide) groups is 1. The van der Waals surface area contributed by atoms with Crippen LogP contribution >= 0.6 is 23.4 Å². The van der Waals surface area contributed by atoms with Gasteiger partial charge in [-0.15, -0.1) is 11.8 Å². The van der Waals surface area contributed by atoms with Gasteiger partial charge in [0, 0.05) is 16.0 Å². The van der Waals surface area contributed by atoms with Gasteiger partial charge in [-0.2, -0.15) is 0 Å². The second-order valence-corrected chi connectivity index (χ2v) is 5.80. The van der Waals surface area contributed by atoms with Gasteiger partial charge >= 0.3 is 0 Å². The van der Waals surface area contributed by atoms with Crippen molar-refractivity contribution in [2.75, 3.05) is 6.26 Å². The highest BCUT2D eigenvalue weighted by atomic mass is 35.5. The predicted octanol–water partition coefficient (Wildman–Crippen LogP) is 3.43. The average Bonchev–Trinajstić information content (AvgIpc) is 3.17. The lowest BCUT2D eigenvalue weighted by Crippen LogP contribution is -2.06. The van der Waals surface area contributed by atoms with Crippen molar-refractivity contribution in [1.29, 1.82) is 0 Å². The summed E-state index contributed by atoms with van der Waals surface area (Å²) in [4.78, 5) is 17.4. The number of allylic oxidation sites excluding steroid dienone is 1. The van der Waals surface area contributed by atoms with E-state index in [1.807, 2.05) is 30.4 Å². The number of hydroxylamine groups is 1. The summed E-state index contributed by atoms with van der Waals surface area (Å²) in [6.45, 7) is 0. The Morgan fingerprint density at radius 2 is 2.26 bits per heavy atom. The number of nitrogens with one attached hydrogen (secondary N) is 1. The van der Waals surface area contributed by atoms with E-state index in [4.69, 9.17) is 16.4 Å². The maximum atomic E-state index is 10.9. The molecule has 0 amide bonds. The Balaban J connectivity index is 2.07. The van der Waals surface area contributed by atoms with E-state index in [9.17, 15) is 4.79 Å². The topological polar surface area (TPSA) is 38.3 Å². The summed E-state index contributed by atoms with van der Waals surface area (Å²) in [7, 11) is 0. The van der Waals surface area contributed by atoms with Gasteiger partial charge in [-0.3, -0.25) is 0 Å². The van der Waals surface area contributed by atoms with Crippen molar-refractivity contribution in [3.8, 4) is 0 Å². The molecule has 1 saturated carbocycles. The molecule has 1 aliphatic carbocycles. The van der Waals surface area contributed by atoms with Gasteiger partial charge in [-0.25, -0.2) is 10.3 Å². The van der Waals surface area contributed by atoms with Crippen molar-refractivity contribution in [2.24, 2.45) is 5.92 Å². The molecule has 3 rings (SSSR count). The first-order valence-electron chi connectivity index (χ1n) is 6.01. The monoisotopic (exact) mass is 293 g/mol. The third kappa shape index (κ3) is 2.27. The molecule has 1 aliphatic heterocycles. The molecule has 1 fully saturated rings. The van der Waals surface area contributed by atoms with Crippen LogP contribution in [0.25, 0.3) is 5.76 Å². The first-order chi connectivity index (χ1) is 9.24. The fourth-order valence-corrected chi connectivity index (χ4v) is 3.05. The van der Waals surface area contributed by atoms with Crippen LogP contribution in [0.1, 0.15) is 18.4 Å². The maximum absolute atomic E-state index is 10.9. The fourth-order valence-electron chi connectivity index (χ4n) is 2.18. The standard InChI is InChI=1S/C14H12ClNO2S/c1-19-12-5-4-9(6-10(12)15)14-13(8-2-3-8)11(7-17)16-18-14/h4-6,8,16H,2-3H2,1H3. The molecule has 98 valence electrons. The summed E-state index contributed by atoms with van der Waals surface area (Å²) in [5.41, 5.74) is 4.89. The van der Waals surface area contributed by atoms with Crippen molar-refractivity contribution in [3.05, 3.63) is 40.1 Å². The fraction of sp³-hybridized carbons (Fsp3) is 0.286. The smallest absolute Gasteiger partial charge is 0.168 e. The highest BCUT2D eigenvalue weighted by molar-refractivity contribution is 7.98. The van der Waals surface area contributed by atoms with Gasteiger partial charge < -0.3 is 4.84 Å². The van der Waals surface area contributed by atoms with Crippen LogP contribution in [-0.2, 0) is 9.63 Å².